The zero-order chi connectivity index (χ0) is 19.9. The molecule has 0 spiro atoms. The van der Waals surface area contributed by atoms with Crippen LogP contribution >= 0.6 is 0 Å². The number of rotatable bonds is 5. The Labute approximate surface area is 160 Å². The number of nitrogens with zero attached hydrogens (tertiary/aromatic N) is 3. The molecule has 2 aromatic carbocycles. The van der Waals surface area contributed by atoms with Crippen LogP contribution in [0.15, 0.2) is 60.7 Å². The van der Waals surface area contributed by atoms with Crippen molar-refractivity contribution in [1.29, 1.82) is 5.26 Å². The number of nitriles is 1. The molecule has 0 aliphatic rings. The smallest absolute Gasteiger partial charge is 0.337 e. The molecule has 3 aromatic rings. The minimum Gasteiger partial charge on any atom is -0.465 e. The summed E-state index contributed by atoms with van der Waals surface area (Å²) in [6.45, 7) is 0. The molecule has 1 heterocycles. The minimum atomic E-state index is -0.413. The van der Waals surface area contributed by atoms with E-state index >= 15 is 0 Å². The van der Waals surface area contributed by atoms with Crippen LogP contribution in [0.1, 0.15) is 26.4 Å². The Kier molecular flexibility index (Phi) is 5.58. The second-order valence-electron chi connectivity index (χ2n) is 5.64. The summed E-state index contributed by atoms with van der Waals surface area (Å²) in [4.78, 5) is 23.7. The van der Waals surface area contributed by atoms with E-state index in [0.29, 0.717) is 28.3 Å². The number of carbonyl (C=O) groups excluding carboxylic acids is 2. The molecule has 0 aliphatic carbocycles. The molecule has 0 radical (unpaired) electrons. The fourth-order valence-corrected chi connectivity index (χ4v) is 2.30. The molecule has 28 heavy (non-hydrogen) atoms. The largest absolute Gasteiger partial charge is 0.465 e. The highest BCUT2D eigenvalue weighted by Crippen LogP contribution is 2.16. The molecular weight excluding hydrogens is 358 g/mol. The third-order valence-electron chi connectivity index (χ3n) is 3.75. The monoisotopic (exact) mass is 373 g/mol. The molecule has 0 fully saturated rings. The molecular formula is C20H15N5O3. The number of hydrogen-bond donors (Lipinski definition) is 2. The van der Waals surface area contributed by atoms with E-state index in [0.717, 1.165) is 0 Å². The normalized spacial score (nSPS) is 9.86. The molecule has 0 bridgehead atoms. The van der Waals surface area contributed by atoms with Gasteiger partial charge in [0.05, 0.1) is 24.3 Å². The summed E-state index contributed by atoms with van der Waals surface area (Å²) in [5.74, 6) is -0.379. The van der Waals surface area contributed by atoms with Crippen LogP contribution in [-0.2, 0) is 4.74 Å². The van der Waals surface area contributed by atoms with Gasteiger partial charge in [-0.2, -0.15) is 5.26 Å². The lowest BCUT2D eigenvalue weighted by Crippen LogP contribution is -2.14. The molecule has 1 aromatic heterocycles. The maximum atomic E-state index is 12.2. The summed E-state index contributed by atoms with van der Waals surface area (Å²) >= 11 is 0. The Morgan fingerprint density at radius 3 is 2.18 bits per heavy atom. The van der Waals surface area contributed by atoms with Gasteiger partial charge in [-0.15, -0.1) is 10.2 Å². The quantitative estimate of drug-likeness (QED) is 0.660. The third-order valence-corrected chi connectivity index (χ3v) is 3.75. The van der Waals surface area contributed by atoms with Gasteiger partial charge in [-0.1, -0.05) is 0 Å². The van der Waals surface area contributed by atoms with Crippen molar-refractivity contribution in [2.24, 2.45) is 0 Å². The van der Waals surface area contributed by atoms with Crippen molar-refractivity contribution in [2.45, 2.75) is 0 Å². The molecule has 0 atom stereocenters. The first-order valence-corrected chi connectivity index (χ1v) is 8.19. The van der Waals surface area contributed by atoms with Crippen LogP contribution in [-0.4, -0.2) is 29.2 Å². The van der Waals surface area contributed by atoms with E-state index in [1.807, 2.05) is 6.07 Å². The molecule has 0 saturated carbocycles. The summed E-state index contributed by atoms with van der Waals surface area (Å²) in [6.07, 6.45) is 0. The van der Waals surface area contributed by atoms with Gasteiger partial charge in [0, 0.05) is 11.4 Å². The number of anilines is 3. The lowest BCUT2D eigenvalue weighted by atomic mass is 10.2. The maximum absolute atomic E-state index is 12.2. The van der Waals surface area contributed by atoms with Crippen LogP contribution in [0, 0.1) is 11.3 Å². The highest BCUT2D eigenvalue weighted by Gasteiger charge is 2.09. The molecule has 0 aliphatic heterocycles. The molecule has 1 amide bonds. The lowest BCUT2D eigenvalue weighted by molar-refractivity contribution is 0.0600. The summed E-state index contributed by atoms with van der Waals surface area (Å²) in [7, 11) is 1.32. The fraction of sp³-hybridized carbons (Fsp3) is 0.0500. The van der Waals surface area contributed by atoms with Gasteiger partial charge >= 0.3 is 5.97 Å². The van der Waals surface area contributed by atoms with Gasteiger partial charge in [-0.3, -0.25) is 4.79 Å². The third kappa shape index (κ3) is 4.47. The van der Waals surface area contributed by atoms with Crippen molar-refractivity contribution < 1.29 is 14.3 Å². The van der Waals surface area contributed by atoms with E-state index in [1.54, 1.807) is 54.6 Å². The Morgan fingerprint density at radius 2 is 1.61 bits per heavy atom. The van der Waals surface area contributed by atoms with Crippen molar-refractivity contribution in [2.75, 3.05) is 17.7 Å². The highest BCUT2D eigenvalue weighted by molar-refractivity contribution is 6.02. The first-order valence-electron chi connectivity index (χ1n) is 8.19. The summed E-state index contributed by atoms with van der Waals surface area (Å²) < 4.78 is 4.65. The van der Waals surface area contributed by atoms with Crippen LogP contribution in [0.25, 0.3) is 0 Å². The Hall–Kier alpha value is -4.25. The molecule has 2 N–H and O–H groups in total. The van der Waals surface area contributed by atoms with Crippen molar-refractivity contribution in [3.8, 4) is 6.07 Å². The van der Waals surface area contributed by atoms with E-state index in [9.17, 15) is 9.59 Å². The van der Waals surface area contributed by atoms with Crippen LogP contribution < -0.4 is 10.6 Å². The number of nitrogens with one attached hydrogen (secondary N) is 2. The number of benzene rings is 2. The molecule has 138 valence electrons. The van der Waals surface area contributed by atoms with Gasteiger partial charge in [0.25, 0.3) is 5.91 Å². The Balaban J connectivity index is 1.63. The van der Waals surface area contributed by atoms with E-state index in [-0.39, 0.29) is 5.69 Å². The lowest BCUT2D eigenvalue weighted by Gasteiger charge is -2.07. The van der Waals surface area contributed by atoms with E-state index in [2.05, 4.69) is 25.6 Å². The van der Waals surface area contributed by atoms with E-state index in [4.69, 9.17) is 5.26 Å². The first kappa shape index (κ1) is 18.5. The number of esters is 1. The van der Waals surface area contributed by atoms with Crippen LogP contribution in [0.2, 0.25) is 0 Å². The average Bonchev–Trinajstić information content (AvgIpc) is 2.74. The predicted octanol–water partition coefficient (Wildman–Crippen LogP) is 3.13. The molecule has 8 nitrogen and oxygen atoms in total. The van der Waals surface area contributed by atoms with Crippen molar-refractivity contribution in [1.82, 2.24) is 10.2 Å². The fourth-order valence-electron chi connectivity index (χ4n) is 2.30. The van der Waals surface area contributed by atoms with Gasteiger partial charge in [0.1, 0.15) is 0 Å². The van der Waals surface area contributed by atoms with E-state index < -0.39 is 11.9 Å². The number of amides is 1. The number of carbonyl (C=O) groups is 2. The SMILES string of the molecule is COC(=O)c1ccc(Nc2ccc(C(=O)Nc3ccc(C#N)cc3)nn2)cc1. The molecule has 0 unspecified atom stereocenters. The first-order chi connectivity index (χ1) is 13.6. The summed E-state index contributed by atoms with van der Waals surface area (Å²) in [6, 6.07) is 18.3. The van der Waals surface area contributed by atoms with Crippen LogP contribution in [0.5, 0.6) is 0 Å². The van der Waals surface area contributed by atoms with Crippen molar-refractivity contribution >= 4 is 29.1 Å². The molecule has 0 saturated heterocycles. The van der Waals surface area contributed by atoms with Gasteiger partial charge in [0.15, 0.2) is 11.5 Å². The Morgan fingerprint density at radius 1 is 0.929 bits per heavy atom. The minimum absolute atomic E-state index is 0.149. The zero-order valence-electron chi connectivity index (χ0n) is 14.8. The molecule has 3 rings (SSSR count). The zero-order valence-corrected chi connectivity index (χ0v) is 14.8. The second-order valence-corrected chi connectivity index (χ2v) is 5.64. The second kappa shape index (κ2) is 8.42. The van der Waals surface area contributed by atoms with Gasteiger partial charge in [0.2, 0.25) is 0 Å². The Bertz CT molecular complexity index is 1020. The topological polar surface area (TPSA) is 117 Å². The van der Waals surface area contributed by atoms with Crippen LogP contribution in [0.3, 0.4) is 0 Å². The molecule has 8 heteroatoms. The summed E-state index contributed by atoms with van der Waals surface area (Å²) in [5, 5.41) is 22.4. The average molecular weight is 373 g/mol. The standard InChI is InChI=1S/C20H15N5O3/c1-28-20(27)14-4-8-15(9-5-14)22-18-11-10-17(24-25-18)19(26)23-16-6-2-13(12-21)3-7-16/h2-11H,1H3,(H,22,25)(H,23,26). The van der Waals surface area contributed by atoms with E-state index in [1.165, 1.54) is 13.2 Å². The number of methoxy groups -OCH3 is 1. The summed E-state index contributed by atoms with van der Waals surface area (Å²) in [5.41, 5.74) is 2.35. The number of aromatic nitrogens is 2. The van der Waals surface area contributed by atoms with Gasteiger partial charge < -0.3 is 15.4 Å². The van der Waals surface area contributed by atoms with Crippen LogP contribution in [0.4, 0.5) is 17.2 Å². The van der Waals surface area contributed by atoms with Gasteiger partial charge in [-0.25, -0.2) is 4.79 Å². The predicted molar refractivity (Wildman–Crippen MR) is 102 cm³/mol. The van der Waals surface area contributed by atoms with Crippen molar-refractivity contribution in [3.63, 3.8) is 0 Å². The van der Waals surface area contributed by atoms with Gasteiger partial charge in [-0.05, 0) is 60.7 Å². The number of hydrogen-bond acceptors (Lipinski definition) is 7. The van der Waals surface area contributed by atoms with Crippen molar-refractivity contribution in [3.05, 3.63) is 77.5 Å². The maximum Gasteiger partial charge on any atom is 0.337 e. The number of ether oxygens (including phenoxy) is 1. The highest BCUT2D eigenvalue weighted by atomic mass is 16.5.